The molecular formula is C12H21N3O. The van der Waals surface area contributed by atoms with Crippen molar-refractivity contribution >= 4 is 0 Å². The van der Waals surface area contributed by atoms with Gasteiger partial charge in [0.1, 0.15) is 6.61 Å². The van der Waals surface area contributed by atoms with Crippen LogP contribution in [0.15, 0.2) is 0 Å². The number of hydrogen-bond donors (Lipinski definition) is 1. The Kier molecular flexibility index (Phi) is 5.35. The van der Waals surface area contributed by atoms with Crippen LogP contribution in [0.25, 0.3) is 0 Å². The Hall–Kier alpha value is -1.00. The fourth-order valence-corrected chi connectivity index (χ4v) is 1.61. The maximum absolute atomic E-state index is 5.44. The number of aryl methyl sites for hydroxylation is 2. The summed E-state index contributed by atoms with van der Waals surface area (Å²) >= 11 is 0. The highest BCUT2D eigenvalue weighted by molar-refractivity contribution is 5.23. The van der Waals surface area contributed by atoms with E-state index < -0.39 is 0 Å². The Balaban J connectivity index is 2.75. The third-order valence-electron chi connectivity index (χ3n) is 2.40. The molecule has 0 radical (unpaired) electrons. The molecule has 1 heterocycles. The van der Waals surface area contributed by atoms with Crippen molar-refractivity contribution in [3.63, 3.8) is 0 Å². The summed E-state index contributed by atoms with van der Waals surface area (Å²) in [5, 5.41) is 3.13. The van der Waals surface area contributed by atoms with E-state index in [4.69, 9.17) is 4.74 Å². The third kappa shape index (κ3) is 3.54. The lowest BCUT2D eigenvalue weighted by Crippen LogP contribution is -2.13. The van der Waals surface area contributed by atoms with Crippen LogP contribution in [0.3, 0.4) is 0 Å². The van der Waals surface area contributed by atoms with Crippen molar-refractivity contribution in [3.8, 4) is 0 Å². The number of nitrogens with one attached hydrogen (secondary N) is 1. The SMILES string of the molecule is CCCOCc1nc(C)c(CNC)c(C)n1. The fraction of sp³-hybridized carbons (Fsp3) is 0.667. The topological polar surface area (TPSA) is 47.0 Å². The summed E-state index contributed by atoms with van der Waals surface area (Å²) in [7, 11) is 1.93. The van der Waals surface area contributed by atoms with Crippen LogP contribution in [-0.2, 0) is 17.9 Å². The molecule has 1 N–H and O–H groups in total. The second-order valence-corrected chi connectivity index (χ2v) is 3.87. The molecule has 0 bridgehead atoms. The Bertz CT molecular complexity index is 316. The monoisotopic (exact) mass is 223 g/mol. The lowest BCUT2D eigenvalue weighted by Gasteiger charge is -2.10. The van der Waals surface area contributed by atoms with E-state index in [0.717, 1.165) is 36.8 Å². The van der Waals surface area contributed by atoms with Crippen LogP contribution in [0, 0.1) is 13.8 Å². The van der Waals surface area contributed by atoms with Gasteiger partial charge in [-0.3, -0.25) is 0 Å². The van der Waals surface area contributed by atoms with Crippen molar-refractivity contribution in [1.29, 1.82) is 0 Å². The molecule has 1 aromatic rings. The van der Waals surface area contributed by atoms with Gasteiger partial charge in [-0.25, -0.2) is 9.97 Å². The summed E-state index contributed by atoms with van der Waals surface area (Å²) in [6.45, 7) is 8.21. The van der Waals surface area contributed by atoms with Gasteiger partial charge in [0.2, 0.25) is 0 Å². The summed E-state index contributed by atoms with van der Waals surface area (Å²) in [6, 6.07) is 0. The van der Waals surface area contributed by atoms with Crippen molar-refractivity contribution in [1.82, 2.24) is 15.3 Å². The van der Waals surface area contributed by atoms with Crippen LogP contribution >= 0.6 is 0 Å². The van der Waals surface area contributed by atoms with Crippen molar-refractivity contribution in [2.45, 2.75) is 40.3 Å². The van der Waals surface area contributed by atoms with Gasteiger partial charge in [0.25, 0.3) is 0 Å². The predicted molar refractivity (Wildman–Crippen MR) is 64.2 cm³/mol. The van der Waals surface area contributed by atoms with E-state index in [0.29, 0.717) is 6.61 Å². The highest BCUT2D eigenvalue weighted by Gasteiger charge is 2.07. The zero-order valence-electron chi connectivity index (χ0n) is 10.6. The largest absolute Gasteiger partial charge is 0.373 e. The molecular weight excluding hydrogens is 202 g/mol. The predicted octanol–water partition coefficient (Wildman–Crippen LogP) is 1.74. The van der Waals surface area contributed by atoms with E-state index in [-0.39, 0.29) is 0 Å². The van der Waals surface area contributed by atoms with Gasteiger partial charge in [-0.1, -0.05) is 6.92 Å². The lowest BCUT2D eigenvalue weighted by atomic mass is 10.1. The van der Waals surface area contributed by atoms with Gasteiger partial charge >= 0.3 is 0 Å². The van der Waals surface area contributed by atoms with Crippen LogP contribution in [0.5, 0.6) is 0 Å². The summed E-state index contributed by atoms with van der Waals surface area (Å²) in [6.07, 6.45) is 1.02. The maximum Gasteiger partial charge on any atom is 0.154 e. The highest BCUT2D eigenvalue weighted by Crippen LogP contribution is 2.10. The number of nitrogens with zero attached hydrogens (tertiary/aromatic N) is 2. The Morgan fingerprint density at radius 3 is 2.31 bits per heavy atom. The van der Waals surface area contributed by atoms with Gasteiger partial charge in [-0.15, -0.1) is 0 Å². The molecule has 4 nitrogen and oxygen atoms in total. The van der Waals surface area contributed by atoms with Crippen LogP contribution in [0.2, 0.25) is 0 Å². The molecule has 0 spiro atoms. The number of aromatic nitrogens is 2. The standard InChI is InChI=1S/C12H21N3O/c1-5-6-16-8-12-14-9(2)11(7-13-4)10(3)15-12/h13H,5-8H2,1-4H3. The molecule has 1 aromatic heterocycles. The minimum absolute atomic E-state index is 0.509. The van der Waals surface area contributed by atoms with Gasteiger partial charge in [-0.05, 0) is 27.3 Å². The molecule has 16 heavy (non-hydrogen) atoms. The normalized spacial score (nSPS) is 10.8. The van der Waals surface area contributed by atoms with E-state index in [2.05, 4.69) is 22.2 Å². The Morgan fingerprint density at radius 1 is 1.19 bits per heavy atom. The molecule has 0 aliphatic rings. The van der Waals surface area contributed by atoms with E-state index in [1.165, 1.54) is 5.56 Å². The maximum atomic E-state index is 5.44. The first-order chi connectivity index (χ1) is 7.69. The number of ether oxygens (including phenoxy) is 1. The molecule has 90 valence electrons. The fourth-order valence-electron chi connectivity index (χ4n) is 1.61. The molecule has 1 rings (SSSR count). The van der Waals surface area contributed by atoms with Crippen LogP contribution in [-0.4, -0.2) is 23.6 Å². The van der Waals surface area contributed by atoms with Gasteiger partial charge in [0, 0.05) is 30.1 Å². The summed E-state index contributed by atoms with van der Waals surface area (Å²) in [4.78, 5) is 8.90. The molecule has 0 unspecified atom stereocenters. The first-order valence-corrected chi connectivity index (χ1v) is 5.74. The van der Waals surface area contributed by atoms with Crippen LogP contribution < -0.4 is 5.32 Å². The molecule has 4 heteroatoms. The van der Waals surface area contributed by atoms with Crippen molar-refractivity contribution < 1.29 is 4.74 Å². The van der Waals surface area contributed by atoms with E-state index in [9.17, 15) is 0 Å². The zero-order valence-corrected chi connectivity index (χ0v) is 10.6. The lowest BCUT2D eigenvalue weighted by molar-refractivity contribution is 0.116. The van der Waals surface area contributed by atoms with Gasteiger partial charge in [0.05, 0.1) is 0 Å². The third-order valence-corrected chi connectivity index (χ3v) is 2.40. The zero-order chi connectivity index (χ0) is 12.0. The van der Waals surface area contributed by atoms with Crippen molar-refractivity contribution in [3.05, 3.63) is 22.8 Å². The minimum atomic E-state index is 0.509. The smallest absolute Gasteiger partial charge is 0.154 e. The Morgan fingerprint density at radius 2 is 1.81 bits per heavy atom. The van der Waals surface area contributed by atoms with Gasteiger partial charge in [-0.2, -0.15) is 0 Å². The quantitative estimate of drug-likeness (QED) is 0.746. The van der Waals surface area contributed by atoms with E-state index in [1.54, 1.807) is 0 Å². The molecule has 0 saturated heterocycles. The van der Waals surface area contributed by atoms with Crippen LogP contribution in [0.1, 0.15) is 36.1 Å². The first-order valence-electron chi connectivity index (χ1n) is 5.74. The average Bonchev–Trinajstić information content (AvgIpc) is 2.24. The first kappa shape index (κ1) is 13.1. The van der Waals surface area contributed by atoms with E-state index in [1.807, 2.05) is 20.9 Å². The summed E-state index contributed by atoms with van der Waals surface area (Å²) in [5.41, 5.74) is 3.26. The summed E-state index contributed by atoms with van der Waals surface area (Å²) < 4.78 is 5.44. The molecule has 0 saturated carbocycles. The highest BCUT2D eigenvalue weighted by atomic mass is 16.5. The second-order valence-electron chi connectivity index (χ2n) is 3.87. The van der Waals surface area contributed by atoms with Gasteiger partial charge < -0.3 is 10.1 Å². The molecule has 0 fully saturated rings. The molecule has 0 amide bonds. The Labute approximate surface area is 97.5 Å². The molecule has 0 aliphatic carbocycles. The average molecular weight is 223 g/mol. The van der Waals surface area contributed by atoms with Crippen molar-refractivity contribution in [2.75, 3.05) is 13.7 Å². The number of rotatable bonds is 6. The van der Waals surface area contributed by atoms with Crippen LogP contribution in [0.4, 0.5) is 0 Å². The van der Waals surface area contributed by atoms with Crippen molar-refractivity contribution in [2.24, 2.45) is 0 Å². The number of hydrogen-bond acceptors (Lipinski definition) is 4. The van der Waals surface area contributed by atoms with Gasteiger partial charge in [0.15, 0.2) is 5.82 Å². The van der Waals surface area contributed by atoms with E-state index >= 15 is 0 Å². The summed E-state index contributed by atoms with van der Waals surface area (Å²) in [5.74, 6) is 0.781. The minimum Gasteiger partial charge on any atom is -0.373 e. The molecule has 0 aromatic carbocycles. The molecule has 0 aliphatic heterocycles. The second kappa shape index (κ2) is 6.55. The molecule has 0 atom stereocenters.